The predicted octanol–water partition coefficient (Wildman–Crippen LogP) is 4.49. The molecule has 6 nitrogen and oxygen atoms in total. The summed E-state index contributed by atoms with van der Waals surface area (Å²) in [4.78, 5) is 22.1. The van der Waals surface area contributed by atoms with Gasteiger partial charge in [0.2, 0.25) is 0 Å². The van der Waals surface area contributed by atoms with E-state index < -0.39 is 11.9 Å². The molecule has 134 valence electrons. The van der Waals surface area contributed by atoms with Gasteiger partial charge in [-0.1, -0.05) is 31.9 Å². The van der Waals surface area contributed by atoms with E-state index >= 15 is 0 Å². The van der Waals surface area contributed by atoms with Crippen molar-refractivity contribution < 1.29 is 29.3 Å². The number of benzene rings is 2. The first-order valence-corrected chi connectivity index (χ1v) is 9.20. The van der Waals surface area contributed by atoms with Crippen molar-refractivity contribution in [3.63, 3.8) is 0 Å². The van der Waals surface area contributed by atoms with E-state index in [0.29, 0.717) is 3.57 Å². The molecule has 0 aromatic heterocycles. The molecular formula is C16H13Br2IO6. The quantitative estimate of drug-likeness (QED) is 0.397. The molecule has 9 heteroatoms. The minimum absolute atomic E-state index is 0.0457. The van der Waals surface area contributed by atoms with Crippen molar-refractivity contribution in [3.05, 3.63) is 54.0 Å². The molecule has 0 unspecified atom stereocenters. The molecule has 0 aliphatic rings. The molecule has 0 saturated carbocycles. The van der Waals surface area contributed by atoms with Gasteiger partial charge in [-0.05, 0) is 52.9 Å². The summed E-state index contributed by atoms with van der Waals surface area (Å²) in [7, 11) is 2.54. The highest BCUT2D eigenvalue weighted by Crippen LogP contribution is 2.28. The Kier molecular flexibility index (Phi) is 8.66. The molecule has 0 heterocycles. The number of hydrogen-bond donors (Lipinski definition) is 2. The van der Waals surface area contributed by atoms with Gasteiger partial charge < -0.3 is 19.7 Å². The van der Waals surface area contributed by atoms with Crippen molar-refractivity contribution in [2.75, 3.05) is 14.2 Å². The number of aromatic hydroxyl groups is 2. The number of ether oxygens (including phenoxy) is 2. The Balaban J connectivity index is 0.000000251. The lowest BCUT2D eigenvalue weighted by Crippen LogP contribution is -2.02. The molecule has 2 N–H and O–H groups in total. The van der Waals surface area contributed by atoms with Crippen LogP contribution in [0.3, 0.4) is 0 Å². The third kappa shape index (κ3) is 6.15. The number of methoxy groups -OCH3 is 2. The van der Waals surface area contributed by atoms with Gasteiger partial charge in [-0.15, -0.1) is 0 Å². The number of hydrogen-bond acceptors (Lipinski definition) is 6. The lowest BCUT2D eigenvalue weighted by molar-refractivity contribution is 0.0588. The summed E-state index contributed by atoms with van der Waals surface area (Å²) in [6, 6.07) is 7.80. The van der Waals surface area contributed by atoms with Gasteiger partial charge in [-0.25, -0.2) is 9.59 Å². The van der Waals surface area contributed by atoms with E-state index in [4.69, 9.17) is 0 Å². The van der Waals surface area contributed by atoms with Crippen LogP contribution >= 0.6 is 54.5 Å². The van der Waals surface area contributed by atoms with E-state index in [-0.39, 0.29) is 22.6 Å². The Morgan fingerprint density at radius 2 is 1.44 bits per heavy atom. The molecule has 0 bridgehead atoms. The lowest BCUT2D eigenvalue weighted by Gasteiger charge is -2.04. The van der Waals surface area contributed by atoms with Crippen LogP contribution in [0.5, 0.6) is 11.5 Å². The average Bonchev–Trinajstić information content (AvgIpc) is 2.59. The SMILES string of the molecule is COC(=O)c1cc(Br)cc(I)c1O.COC(=O)c1cc(Br)ccc1O. The Hall–Kier alpha value is -1.33. The number of carbonyl (C=O) groups is 2. The second-order valence-electron chi connectivity index (χ2n) is 4.43. The highest BCUT2D eigenvalue weighted by Gasteiger charge is 2.14. The molecule has 0 radical (unpaired) electrons. The molecule has 2 aromatic carbocycles. The van der Waals surface area contributed by atoms with E-state index in [1.165, 1.54) is 32.4 Å². The zero-order valence-electron chi connectivity index (χ0n) is 13.0. The number of esters is 2. The van der Waals surface area contributed by atoms with Gasteiger partial charge in [0.05, 0.1) is 17.8 Å². The predicted molar refractivity (Wildman–Crippen MR) is 107 cm³/mol. The molecule has 0 amide bonds. The largest absolute Gasteiger partial charge is 0.507 e. The molecule has 2 aromatic rings. The molecule has 0 aliphatic heterocycles. The van der Waals surface area contributed by atoms with Crippen molar-refractivity contribution >= 4 is 66.4 Å². The highest BCUT2D eigenvalue weighted by molar-refractivity contribution is 14.1. The van der Waals surface area contributed by atoms with Crippen LogP contribution in [0.1, 0.15) is 20.7 Å². The molecule has 0 spiro atoms. The fourth-order valence-corrected chi connectivity index (χ4v) is 3.49. The van der Waals surface area contributed by atoms with Crippen LogP contribution in [0.25, 0.3) is 0 Å². The van der Waals surface area contributed by atoms with Gasteiger partial charge in [-0.3, -0.25) is 0 Å². The fourth-order valence-electron chi connectivity index (χ4n) is 1.61. The second-order valence-corrected chi connectivity index (χ2v) is 7.42. The summed E-state index contributed by atoms with van der Waals surface area (Å²) in [5.41, 5.74) is 0.327. The normalized spacial score (nSPS) is 9.64. The van der Waals surface area contributed by atoms with Gasteiger partial charge in [0, 0.05) is 8.95 Å². The van der Waals surface area contributed by atoms with E-state index in [1.807, 2.05) is 22.6 Å². The molecule has 0 atom stereocenters. The van der Waals surface area contributed by atoms with Crippen molar-refractivity contribution in [1.29, 1.82) is 0 Å². The zero-order chi connectivity index (χ0) is 19.1. The maximum absolute atomic E-state index is 11.1. The third-order valence-electron chi connectivity index (χ3n) is 2.80. The Morgan fingerprint density at radius 1 is 0.920 bits per heavy atom. The van der Waals surface area contributed by atoms with Gasteiger partial charge in [0.25, 0.3) is 0 Å². The molecule has 0 fully saturated rings. The average molecular weight is 588 g/mol. The molecular weight excluding hydrogens is 575 g/mol. The van der Waals surface area contributed by atoms with Gasteiger partial charge in [-0.2, -0.15) is 0 Å². The summed E-state index contributed by atoms with van der Waals surface area (Å²) < 4.78 is 11.0. The van der Waals surface area contributed by atoms with Crippen LogP contribution in [0.4, 0.5) is 0 Å². The first kappa shape index (κ1) is 21.7. The monoisotopic (exact) mass is 586 g/mol. The Labute approximate surface area is 174 Å². The van der Waals surface area contributed by atoms with Crippen molar-refractivity contribution in [2.45, 2.75) is 0 Å². The van der Waals surface area contributed by atoms with Crippen molar-refractivity contribution in [3.8, 4) is 11.5 Å². The van der Waals surface area contributed by atoms with Gasteiger partial charge in [0.15, 0.2) is 0 Å². The highest BCUT2D eigenvalue weighted by atomic mass is 127. The van der Waals surface area contributed by atoms with Crippen LogP contribution in [0, 0.1) is 3.57 Å². The summed E-state index contributed by atoms with van der Waals surface area (Å²) in [5.74, 6) is -1.22. The summed E-state index contributed by atoms with van der Waals surface area (Å²) in [5, 5.41) is 18.7. The standard InChI is InChI=1S/C8H6BrIO3.C8H7BrO3/c1-13-8(12)5-2-4(9)3-6(10)7(5)11;1-12-8(11)6-4-5(9)2-3-7(6)10/h2-3,11H,1H3;2-4,10H,1H3. The Morgan fingerprint density at radius 3 is 2.00 bits per heavy atom. The summed E-state index contributed by atoms with van der Waals surface area (Å²) >= 11 is 8.33. The van der Waals surface area contributed by atoms with Crippen LogP contribution in [0.15, 0.2) is 39.3 Å². The molecule has 2 rings (SSSR count). The zero-order valence-corrected chi connectivity index (χ0v) is 18.4. The maximum atomic E-state index is 11.1. The van der Waals surface area contributed by atoms with Crippen molar-refractivity contribution in [2.24, 2.45) is 0 Å². The van der Waals surface area contributed by atoms with Crippen LogP contribution in [-0.2, 0) is 9.47 Å². The number of halogens is 3. The first-order chi connectivity index (χ1) is 11.7. The third-order valence-corrected chi connectivity index (χ3v) is 4.57. The summed E-state index contributed by atoms with van der Waals surface area (Å²) in [6.45, 7) is 0. The minimum atomic E-state index is -0.547. The molecule has 25 heavy (non-hydrogen) atoms. The number of phenolic OH excluding ortho intramolecular Hbond substituents is 2. The molecule has 0 saturated heterocycles. The van der Waals surface area contributed by atoms with Crippen LogP contribution < -0.4 is 0 Å². The molecule has 0 aliphatic carbocycles. The Bertz CT molecular complexity index is 794. The van der Waals surface area contributed by atoms with E-state index in [9.17, 15) is 19.8 Å². The number of rotatable bonds is 2. The summed E-state index contributed by atoms with van der Waals surface area (Å²) in [6.07, 6.45) is 0. The number of carbonyl (C=O) groups excluding carboxylic acids is 2. The van der Waals surface area contributed by atoms with E-state index in [2.05, 4.69) is 41.3 Å². The van der Waals surface area contributed by atoms with Crippen molar-refractivity contribution in [1.82, 2.24) is 0 Å². The van der Waals surface area contributed by atoms with E-state index in [1.54, 1.807) is 12.1 Å². The fraction of sp³-hybridized carbons (Fsp3) is 0.125. The van der Waals surface area contributed by atoms with E-state index in [0.717, 1.165) is 8.95 Å². The smallest absolute Gasteiger partial charge is 0.341 e. The number of phenols is 2. The lowest BCUT2D eigenvalue weighted by atomic mass is 10.2. The first-order valence-electron chi connectivity index (χ1n) is 6.54. The maximum Gasteiger partial charge on any atom is 0.341 e. The second kappa shape index (κ2) is 9.97. The topological polar surface area (TPSA) is 93.1 Å². The van der Waals surface area contributed by atoms with Gasteiger partial charge >= 0.3 is 11.9 Å². The van der Waals surface area contributed by atoms with Gasteiger partial charge in [0.1, 0.15) is 22.6 Å². The minimum Gasteiger partial charge on any atom is -0.507 e. The van der Waals surface area contributed by atoms with Crippen LogP contribution in [-0.4, -0.2) is 36.4 Å². The van der Waals surface area contributed by atoms with Crippen LogP contribution in [0.2, 0.25) is 0 Å².